The van der Waals surface area contributed by atoms with Gasteiger partial charge in [0.15, 0.2) is 0 Å². The summed E-state index contributed by atoms with van der Waals surface area (Å²) in [6.07, 6.45) is 0. The largest absolute Gasteiger partial charge is 0.336 e. The Morgan fingerprint density at radius 2 is 1.43 bits per heavy atom. The average Bonchev–Trinajstić information content (AvgIpc) is 3.27. The summed E-state index contributed by atoms with van der Waals surface area (Å²) in [5.74, 6) is 0. The van der Waals surface area contributed by atoms with Crippen molar-refractivity contribution in [3.05, 3.63) is 83.9 Å². The third kappa shape index (κ3) is 2.31. The van der Waals surface area contributed by atoms with Gasteiger partial charge in [0.2, 0.25) is 0 Å². The van der Waals surface area contributed by atoms with Crippen molar-refractivity contribution in [2.45, 2.75) is 64.8 Å². The summed E-state index contributed by atoms with van der Waals surface area (Å²) in [6, 6.07) is 28.0. The number of nitrogens with zero attached hydrogens (tertiary/aromatic N) is 2. The van der Waals surface area contributed by atoms with Crippen LogP contribution in [-0.4, -0.2) is 16.8 Å². The van der Waals surface area contributed by atoms with Gasteiger partial charge < -0.3 is 9.47 Å². The lowest BCUT2D eigenvalue weighted by Crippen LogP contribution is -2.63. The van der Waals surface area contributed by atoms with E-state index in [2.05, 4.69) is 131 Å². The molecule has 0 spiro atoms. The maximum atomic E-state index is 2.69. The quantitative estimate of drug-likeness (QED) is 0.228. The molecule has 5 aromatic rings. The molecular formula is C34H33BN2. The lowest BCUT2D eigenvalue weighted by Gasteiger charge is -2.46. The molecule has 0 saturated carbocycles. The monoisotopic (exact) mass is 480 g/mol. The predicted octanol–water partition coefficient (Wildman–Crippen LogP) is 6.43. The first kappa shape index (κ1) is 21.6. The Morgan fingerprint density at radius 1 is 0.730 bits per heavy atom. The Hall–Kier alpha value is -3.46. The minimum absolute atomic E-state index is 0.00257. The molecule has 182 valence electrons. The molecule has 8 rings (SSSR count). The third-order valence-electron chi connectivity index (χ3n) is 10.2. The number of aromatic nitrogens is 1. The van der Waals surface area contributed by atoms with Crippen LogP contribution in [0.2, 0.25) is 0 Å². The van der Waals surface area contributed by atoms with E-state index in [-0.39, 0.29) is 23.1 Å². The summed E-state index contributed by atoms with van der Waals surface area (Å²) in [4.78, 5) is 2.69. The van der Waals surface area contributed by atoms with E-state index in [4.69, 9.17) is 0 Å². The Labute approximate surface area is 220 Å². The van der Waals surface area contributed by atoms with E-state index in [1.54, 1.807) is 0 Å². The normalized spacial score (nSPS) is 17.9. The van der Waals surface area contributed by atoms with Crippen molar-refractivity contribution in [3.63, 3.8) is 0 Å². The van der Waals surface area contributed by atoms with Gasteiger partial charge in [-0.05, 0) is 65.0 Å². The summed E-state index contributed by atoms with van der Waals surface area (Å²) >= 11 is 0. The van der Waals surface area contributed by atoms with E-state index >= 15 is 0 Å². The molecule has 1 aromatic heterocycles. The Kier molecular flexibility index (Phi) is 3.70. The highest BCUT2D eigenvalue weighted by Crippen LogP contribution is 2.56. The van der Waals surface area contributed by atoms with Gasteiger partial charge in [-0.15, -0.1) is 0 Å². The van der Waals surface area contributed by atoms with Crippen LogP contribution in [0.3, 0.4) is 0 Å². The standard InChI is InChI=1S/C34H33BN2/c1-32(2,3)20-18-23-31-25(19-20)35-24-14-10-13-22-21-12-8-9-15-26(21)36(30(22)24)27-16-11-17-28(29(27)35)37(31)34(6,7)33(23,4)5/h8-19H,1-7H3. The van der Waals surface area contributed by atoms with E-state index in [9.17, 15) is 0 Å². The molecule has 37 heavy (non-hydrogen) atoms. The molecule has 0 saturated heterocycles. The molecule has 4 aromatic carbocycles. The Bertz CT molecular complexity index is 1830. The lowest BCUT2D eigenvalue weighted by atomic mass is 9.33. The molecule has 4 heterocycles. The number of rotatable bonds is 0. The van der Waals surface area contributed by atoms with Crippen molar-refractivity contribution < 1.29 is 0 Å². The van der Waals surface area contributed by atoms with Crippen molar-refractivity contribution in [3.8, 4) is 5.69 Å². The van der Waals surface area contributed by atoms with Crippen LogP contribution < -0.4 is 21.3 Å². The van der Waals surface area contributed by atoms with Gasteiger partial charge in [-0.2, -0.15) is 0 Å². The van der Waals surface area contributed by atoms with Crippen LogP contribution in [0.4, 0.5) is 11.4 Å². The summed E-state index contributed by atoms with van der Waals surface area (Å²) in [7, 11) is 0. The first-order valence-corrected chi connectivity index (χ1v) is 13.7. The number of hydrogen-bond acceptors (Lipinski definition) is 1. The molecule has 0 unspecified atom stereocenters. The van der Waals surface area contributed by atoms with Gasteiger partial charge in [0.05, 0.1) is 5.52 Å². The summed E-state index contributed by atoms with van der Waals surface area (Å²) in [6.45, 7) is 17.1. The van der Waals surface area contributed by atoms with Gasteiger partial charge in [0, 0.05) is 44.3 Å². The van der Waals surface area contributed by atoms with Gasteiger partial charge in [-0.1, -0.05) is 89.2 Å². The highest BCUT2D eigenvalue weighted by Gasteiger charge is 2.56. The van der Waals surface area contributed by atoms with Crippen LogP contribution in [0, 0.1) is 0 Å². The number of benzene rings is 4. The number of hydrogen-bond donors (Lipinski definition) is 0. The van der Waals surface area contributed by atoms with Crippen molar-refractivity contribution in [1.29, 1.82) is 0 Å². The smallest absolute Gasteiger partial charge is 0.252 e. The number of anilines is 2. The van der Waals surface area contributed by atoms with E-state index in [1.807, 2.05) is 0 Å². The third-order valence-corrected chi connectivity index (χ3v) is 10.2. The minimum atomic E-state index is -0.0638. The fourth-order valence-electron chi connectivity index (χ4n) is 7.58. The average molecular weight is 480 g/mol. The first-order chi connectivity index (χ1) is 17.5. The molecule has 0 aliphatic carbocycles. The van der Waals surface area contributed by atoms with Gasteiger partial charge in [0.25, 0.3) is 6.71 Å². The lowest BCUT2D eigenvalue weighted by molar-refractivity contribution is 0.330. The van der Waals surface area contributed by atoms with Gasteiger partial charge in [-0.3, -0.25) is 0 Å². The summed E-state index contributed by atoms with van der Waals surface area (Å²) < 4.78 is 2.54. The second-order valence-electron chi connectivity index (χ2n) is 13.5. The maximum absolute atomic E-state index is 2.69. The molecule has 3 aliphatic heterocycles. The van der Waals surface area contributed by atoms with E-state index in [0.29, 0.717) is 0 Å². The molecule has 3 heteroatoms. The Balaban J connectivity index is 1.60. The van der Waals surface area contributed by atoms with E-state index in [1.165, 1.54) is 66.4 Å². The summed E-state index contributed by atoms with van der Waals surface area (Å²) in [5, 5.41) is 2.70. The molecule has 0 radical (unpaired) electrons. The molecule has 2 nitrogen and oxygen atoms in total. The molecule has 0 atom stereocenters. The van der Waals surface area contributed by atoms with Crippen LogP contribution in [0.1, 0.15) is 59.6 Å². The zero-order chi connectivity index (χ0) is 25.6. The molecule has 0 fully saturated rings. The molecule has 3 aliphatic rings. The second-order valence-corrected chi connectivity index (χ2v) is 13.5. The van der Waals surface area contributed by atoms with Gasteiger partial charge in [-0.25, -0.2) is 0 Å². The van der Waals surface area contributed by atoms with Gasteiger partial charge >= 0.3 is 0 Å². The molecule has 0 amide bonds. The highest BCUT2D eigenvalue weighted by molar-refractivity contribution is 7.00. The molecule has 0 bridgehead atoms. The van der Waals surface area contributed by atoms with Crippen molar-refractivity contribution >= 4 is 56.3 Å². The van der Waals surface area contributed by atoms with Crippen molar-refractivity contribution in [2.24, 2.45) is 0 Å². The van der Waals surface area contributed by atoms with E-state index in [0.717, 1.165) is 0 Å². The fraction of sp³-hybridized carbons (Fsp3) is 0.294. The predicted molar refractivity (Wildman–Crippen MR) is 160 cm³/mol. The van der Waals surface area contributed by atoms with Crippen LogP contribution in [0.15, 0.2) is 72.8 Å². The molecule has 0 N–H and O–H groups in total. The van der Waals surface area contributed by atoms with Crippen molar-refractivity contribution in [2.75, 3.05) is 4.90 Å². The fourth-order valence-corrected chi connectivity index (χ4v) is 7.58. The highest BCUT2D eigenvalue weighted by atomic mass is 15.3. The number of para-hydroxylation sites is 2. The number of fused-ring (bicyclic) bond motifs is 7. The first-order valence-electron chi connectivity index (χ1n) is 13.7. The minimum Gasteiger partial charge on any atom is -0.336 e. The van der Waals surface area contributed by atoms with Crippen LogP contribution >= 0.6 is 0 Å². The summed E-state index contributed by atoms with van der Waals surface area (Å²) in [5.41, 5.74) is 14.1. The molecular weight excluding hydrogens is 447 g/mol. The SMILES string of the molecule is CC(C)(C)c1cc2c3c(c1)C(C)(C)C(C)(C)N3c1cccc3c1B2c1cccc2c4ccccc4n-3c12. The zero-order valence-electron chi connectivity index (χ0n) is 22.9. The second kappa shape index (κ2) is 6.33. The van der Waals surface area contributed by atoms with Crippen molar-refractivity contribution in [1.82, 2.24) is 4.57 Å². The van der Waals surface area contributed by atoms with Crippen LogP contribution in [0.5, 0.6) is 0 Å². The topological polar surface area (TPSA) is 8.17 Å². The Morgan fingerprint density at radius 3 is 2.22 bits per heavy atom. The van der Waals surface area contributed by atoms with E-state index < -0.39 is 0 Å². The van der Waals surface area contributed by atoms with Crippen LogP contribution in [0.25, 0.3) is 27.5 Å². The maximum Gasteiger partial charge on any atom is 0.252 e. The zero-order valence-corrected chi connectivity index (χ0v) is 22.9. The van der Waals surface area contributed by atoms with Crippen LogP contribution in [-0.2, 0) is 10.8 Å². The van der Waals surface area contributed by atoms with Gasteiger partial charge in [0.1, 0.15) is 0 Å².